The van der Waals surface area contributed by atoms with E-state index >= 15 is 0 Å². The van der Waals surface area contributed by atoms with Gasteiger partial charge in [-0.1, -0.05) is 56.2 Å². The van der Waals surface area contributed by atoms with Gasteiger partial charge in [0.05, 0.1) is 11.6 Å². The standard InChI is InChI=1S/C20H21N/c1-3-9-16-17(4-2)20(12-6-5-7-13-20)18-11-8-10-15(14-21)19(16)18/h3-4,8-11H,2,5-7,12-13H2,1H3/b9-3-. The molecule has 1 heteroatoms. The number of benzene rings is 1. The maximum Gasteiger partial charge on any atom is 0.0998 e. The van der Waals surface area contributed by atoms with E-state index in [1.807, 2.05) is 25.1 Å². The Kier molecular flexibility index (Phi) is 3.55. The van der Waals surface area contributed by atoms with Crippen LogP contribution in [0.25, 0.3) is 5.57 Å². The molecule has 1 saturated carbocycles. The molecule has 21 heavy (non-hydrogen) atoms. The third-order valence-electron chi connectivity index (χ3n) is 5.02. The van der Waals surface area contributed by atoms with Gasteiger partial charge in [-0.15, -0.1) is 0 Å². The number of hydrogen-bond acceptors (Lipinski definition) is 1. The van der Waals surface area contributed by atoms with Crippen molar-refractivity contribution < 1.29 is 0 Å². The number of nitrogens with zero attached hydrogens (tertiary/aromatic N) is 1. The van der Waals surface area contributed by atoms with Crippen molar-refractivity contribution in [2.24, 2.45) is 0 Å². The van der Waals surface area contributed by atoms with Crippen LogP contribution in [0.2, 0.25) is 0 Å². The Bertz CT molecular complexity index is 676. The van der Waals surface area contributed by atoms with E-state index in [0.717, 1.165) is 11.1 Å². The van der Waals surface area contributed by atoms with Gasteiger partial charge in [0.15, 0.2) is 0 Å². The predicted octanol–water partition coefficient (Wildman–Crippen LogP) is 5.29. The molecule has 0 N–H and O–H groups in total. The highest BCUT2D eigenvalue weighted by atomic mass is 14.5. The van der Waals surface area contributed by atoms with Gasteiger partial charge in [0, 0.05) is 11.0 Å². The van der Waals surface area contributed by atoms with E-state index in [1.54, 1.807) is 0 Å². The van der Waals surface area contributed by atoms with Crippen molar-refractivity contribution in [1.82, 2.24) is 0 Å². The molecule has 0 heterocycles. The van der Waals surface area contributed by atoms with E-state index < -0.39 is 0 Å². The van der Waals surface area contributed by atoms with Crippen LogP contribution in [0.15, 0.2) is 48.6 Å². The Balaban J connectivity index is 2.34. The first-order valence-electron chi connectivity index (χ1n) is 7.82. The summed E-state index contributed by atoms with van der Waals surface area (Å²) in [5.41, 5.74) is 5.93. The molecule has 0 aliphatic heterocycles. The lowest BCUT2D eigenvalue weighted by atomic mass is 9.67. The monoisotopic (exact) mass is 275 g/mol. The van der Waals surface area contributed by atoms with Crippen molar-refractivity contribution in [2.75, 3.05) is 0 Å². The zero-order chi connectivity index (χ0) is 14.9. The second-order valence-corrected chi connectivity index (χ2v) is 6.01. The second-order valence-electron chi connectivity index (χ2n) is 6.01. The average molecular weight is 275 g/mol. The van der Waals surface area contributed by atoms with Gasteiger partial charge in [0.2, 0.25) is 0 Å². The van der Waals surface area contributed by atoms with Crippen LogP contribution in [0.4, 0.5) is 0 Å². The minimum atomic E-state index is 0.0943. The summed E-state index contributed by atoms with van der Waals surface area (Å²) in [4.78, 5) is 0. The van der Waals surface area contributed by atoms with Crippen molar-refractivity contribution in [3.05, 3.63) is 65.3 Å². The Morgan fingerprint density at radius 2 is 2.00 bits per heavy atom. The summed E-state index contributed by atoms with van der Waals surface area (Å²) in [5.74, 6) is 0. The number of rotatable bonds is 2. The Hall–Kier alpha value is -2.07. The molecule has 1 fully saturated rings. The first kappa shape index (κ1) is 13.9. The molecule has 2 aliphatic rings. The fraction of sp³-hybridized carbons (Fsp3) is 0.350. The van der Waals surface area contributed by atoms with Crippen LogP contribution in [0, 0.1) is 11.3 Å². The Morgan fingerprint density at radius 3 is 2.62 bits per heavy atom. The summed E-state index contributed by atoms with van der Waals surface area (Å²) in [6.07, 6.45) is 12.4. The molecule has 0 bridgehead atoms. The maximum atomic E-state index is 9.51. The molecule has 1 nitrogen and oxygen atoms in total. The molecule has 0 radical (unpaired) electrons. The molecule has 0 aromatic heterocycles. The van der Waals surface area contributed by atoms with E-state index in [9.17, 15) is 5.26 Å². The van der Waals surface area contributed by atoms with Gasteiger partial charge in [-0.3, -0.25) is 0 Å². The van der Waals surface area contributed by atoms with Crippen molar-refractivity contribution in [1.29, 1.82) is 5.26 Å². The molecule has 0 unspecified atom stereocenters. The molecule has 2 aliphatic carbocycles. The minimum absolute atomic E-state index is 0.0943. The summed E-state index contributed by atoms with van der Waals surface area (Å²) in [5, 5.41) is 9.51. The molecule has 1 aromatic carbocycles. The highest BCUT2D eigenvalue weighted by Crippen LogP contribution is 2.55. The number of hydrogen-bond donors (Lipinski definition) is 0. The van der Waals surface area contributed by atoms with E-state index in [0.29, 0.717) is 0 Å². The summed E-state index contributed by atoms with van der Waals surface area (Å²) in [6.45, 7) is 6.12. The molecule has 0 saturated heterocycles. The lowest BCUT2D eigenvalue weighted by Crippen LogP contribution is -2.28. The fourth-order valence-electron chi connectivity index (χ4n) is 4.21. The fourth-order valence-corrected chi connectivity index (χ4v) is 4.21. The van der Waals surface area contributed by atoms with E-state index in [4.69, 9.17) is 0 Å². The Morgan fingerprint density at radius 1 is 1.24 bits per heavy atom. The van der Waals surface area contributed by atoms with Crippen LogP contribution in [0.1, 0.15) is 55.7 Å². The molecule has 3 rings (SSSR count). The third kappa shape index (κ3) is 1.90. The second kappa shape index (κ2) is 5.37. The molecule has 1 aromatic rings. The van der Waals surface area contributed by atoms with Crippen LogP contribution in [0.5, 0.6) is 0 Å². The normalized spacial score (nSPS) is 19.8. The minimum Gasteiger partial charge on any atom is -0.192 e. The van der Waals surface area contributed by atoms with Crippen LogP contribution in [-0.4, -0.2) is 0 Å². The van der Waals surface area contributed by atoms with Crippen LogP contribution >= 0.6 is 0 Å². The lowest BCUT2D eigenvalue weighted by Gasteiger charge is -2.36. The summed E-state index contributed by atoms with van der Waals surface area (Å²) < 4.78 is 0. The number of nitriles is 1. The van der Waals surface area contributed by atoms with Gasteiger partial charge in [-0.25, -0.2) is 0 Å². The molecule has 0 amide bonds. The maximum absolute atomic E-state index is 9.51. The molecular formula is C20H21N. The van der Waals surface area contributed by atoms with E-state index in [-0.39, 0.29) is 5.41 Å². The first-order valence-corrected chi connectivity index (χ1v) is 7.82. The van der Waals surface area contributed by atoms with E-state index in [1.165, 1.54) is 48.8 Å². The van der Waals surface area contributed by atoms with Gasteiger partial charge >= 0.3 is 0 Å². The first-order chi connectivity index (χ1) is 10.3. The molecular weight excluding hydrogens is 254 g/mol. The zero-order valence-electron chi connectivity index (χ0n) is 12.7. The van der Waals surface area contributed by atoms with Crippen LogP contribution < -0.4 is 0 Å². The smallest absolute Gasteiger partial charge is 0.0998 e. The topological polar surface area (TPSA) is 23.8 Å². The van der Waals surface area contributed by atoms with Gasteiger partial charge in [-0.05, 0) is 42.5 Å². The molecule has 0 atom stereocenters. The van der Waals surface area contributed by atoms with Crippen LogP contribution in [-0.2, 0) is 5.41 Å². The van der Waals surface area contributed by atoms with Crippen molar-refractivity contribution in [3.8, 4) is 6.07 Å². The summed E-state index contributed by atoms with van der Waals surface area (Å²) in [7, 11) is 0. The van der Waals surface area contributed by atoms with Gasteiger partial charge in [-0.2, -0.15) is 5.26 Å². The summed E-state index contributed by atoms with van der Waals surface area (Å²) >= 11 is 0. The lowest BCUT2D eigenvalue weighted by molar-refractivity contribution is 0.350. The zero-order valence-corrected chi connectivity index (χ0v) is 12.7. The Labute approximate surface area is 127 Å². The van der Waals surface area contributed by atoms with Crippen LogP contribution in [0.3, 0.4) is 0 Å². The summed E-state index contributed by atoms with van der Waals surface area (Å²) in [6, 6.07) is 8.57. The number of fused-ring (bicyclic) bond motifs is 2. The van der Waals surface area contributed by atoms with Crippen molar-refractivity contribution in [2.45, 2.75) is 44.4 Å². The van der Waals surface area contributed by atoms with Gasteiger partial charge in [0.1, 0.15) is 0 Å². The largest absolute Gasteiger partial charge is 0.192 e. The SMILES string of the molecule is C=CC1=C(/C=C\C)c2c(C#N)cccc2C12CCCCC2. The van der Waals surface area contributed by atoms with Crippen molar-refractivity contribution >= 4 is 5.57 Å². The van der Waals surface area contributed by atoms with Gasteiger partial charge < -0.3 is 0 Å². The molecule has 1 spiro atoms. The average Bonchev–Trinajstić information content (AvgIpc) is 2.78. The van der Waals surface area contributed by atoms with Crippen molar-refractivity contribution in [3.63, 3.8) is 0 Å². The van der Waals surface area contributed by atoms with Gasteiger partial charge in [0.25, 0.3) is 0 Å². The van der Waals surface area contributed by atoms with E-state index in [2.05, 4.69) is 30.9 Å². The molecule has 106 valence electrons. The quantitative estimate of drug-likeness (QED) is 0.719. The third-order valence-corrected chi connectivity index (χ3v) is 5.02. The predicted molar refractivity (Wildman–Crippen MR) is 87.9 cm³/mol. The number of allylic oxidation sites excluding steroid dienone is 5. The highest BCUT2D eigenvalue weighted by Gasteiger charge is 2.44. The highest BCUT2D eigenvalue weighted by molar-refractivity contribution is 5.90.